The summed E-state index contributed by atoms with van der Waals surface area (Å²) >= 11 is 0. The summed E-state index contributed by atoms with van der Waals surface area (Å²) in [6.45, 7) is 0. The largest absolute Gasteiger partial charge is 0.508 e. The van der Waals surface area contributed by atoms with Crippen molar-refractivity contribution in [3.8, 4) is 5.75 Å². The van der Waals surface area contributed by atoms with E-state index in [4.69, 9.17) is 5.73 Å². The van der Waals surface area contributed by atoms with Crippen LogP contribution in [0.2, 0.25) is 0 Å². The van der Waals surface area contributed by atoms with Crippen LogP contribution in [0.5, 0.6) is 5.75 Å². The summed E-state index contributed by atoms with van der Waals surface area (Å²) in [5.74, 6) is 0.770. The van der Waals surface area contributed by atoms with Gasteiger partial charge in [0.25, 0.3) is 0 Å². The Morgan fingerprint density at radius 2 is 1.89 bits per heavy atom. The highest BCUT2D eigenvalue weighted by Crippen LogP contribution is 2.36. The van der Waals surface area contributed by atoms with Crippen molar-refractivity contribution in [2.24, 2.45) is 11.7 Å². The highest BCUT2D eigenvalue weighted by Gasteiger charge is 2.26. The third-order valence-electron chi connectivity index (χ3n) is 4.12. The second kappa shape index (κ2) is 5.06. The minimum absolute atomic E-state index is 0.0241. The van der Waals surface area contributed by atoms with E-state index >= 15 is 0 Å². The van der Waals surface area contributed by atoms with Gasteiger partial charge in [-0.15, -0.1) is 0 Å². The number of nitrogens with two attached hydrogens (primary N) is 1. The Morgan fingerprint density at radius 1 is 1.11 bits per heavy atom. The quantitative estimate of drug-likeness (QED) is 0.863. The molecule has 0 spiro atoms. The Balaban J connectivity index is 1.83. The van der Waals surface area contributed by atoms with Gasteiger partial charge in [0.15, 0.2) is 0 Å². The lowest BCUT2D eigenvalue weighted by molar-refractivity contribution is 0.374. The molecule has 3 N–H and O–H groups in total. The van der Waals surface area contributed by atoms with Gasteiger partial charge in [-0.2, -0.15) is 0 Å². The van der Waals surface area contributed by atoms with Crippen molar-refractivity contribution in [3.05, 3.63) is 65.2 Å². The zero-order valence-electron chi connectivity index (χ0n) is 10.9. The van der Waals surface area contributed by atoms with E-state index in [-0.39, 0.29) is 6.04 Å². The van der Waals surface area contributed by atoms with Gasteiger partial charge in [0.1, 0.15) is 5.75 Å². The predicted molar refractivity (Wildman–Crippen MR) is 77.0 cm³/mol. The van der Waals surface area contributed by atoms with E-state index in [1.807, 2.05) is 18.2 Å². The second-order valence-electron chi connectivity index (χ2n) is 5.40. The highest BCUT2D eigenvalue weighted by atomic mass is 16.3. The molecule has 2 atom stereocenters. The van der Waals surface area contributed by atoms with Crippen molar-refractivity contribution in [3.63, 3.8) is 0 Å². The van der Waals surface area contributed by atoms with Crippen LogP contribution in [0.1, 0.15) is 29.2 Å². The summed E-state index contributed by atoms with van der Waals surface area (Å²) in [6.07, 6.45) is 3.19. The molecular weight excluding hydrogens is 234 g/mol. The van der Waals surface area contributed by atoms with Gasteiger partial charge in [0, 0.05) is 6.04 Å². The molecule has 0 amide bonds. The Labute approximate surface area is 113 Å². The maximum absolute atomic E-state index is 9.63. The molecule has 0 radical (unpaired) electrons. The van der Waals surface area contributed by atoms with E-state index in [9.17, 15) is 5.11 Å². The normalized spacial score (nSPS) is 21.9. The first-order chi connectivity index (χ1) is 9.24. The molecule has 1 unspecified atom stereocenters. The third kappa shape index (κ3) is 2.49. The lowest BCUT2D eigenvalue weighted by Gasteiger charge is -2.31. The molecule has 2 nitrogen and oxygen atoms in total. The molecule has 98 valence electrons. The van der Waals surface area contributed by atoms with Crippen molar-refractivity contribution in [2.75, 3.05) is 0 Å². The molecule has 0 heterocycles. The fraction of sp³-hybridized carbons (Fsp3) is 0.294. The minimum atomic E-state index is 0.0241. The number of fused-ring (bicyclic) bond motifs is 1. The fourth-order valence-corrected chi connectivity index (χ4v) is 3.04. The number of hydrogen-bond acceptors (Lipinski definition) is 2. The summed E-state index contributed by atoms with van der Waals surface area (Å²) in [5, 5.41) is 9.63. The number of aromatic hydroxyl groups is 1. The van der Waals surface area contributed by atoms with E-state index in [0.29, 0.717) is 11.7 Å². The van der Waals surface area contributed by atoms with Gasteiger partial charge in [-0.3, -0.25) is 0 Å². The first-order valence-corrected chi connectivity index (χ1v) is 6.85. The number of rotatable bonds is 2. The summed E-state index contributed by atoms with van der Waals surface area (Å²) in [5.41, 5.74) is 10.1. The first kappa shape index (κ1) is 12.2. The Hall–Kier alpha value is -1.80. The zero-order chi connectivity index (χ0) is 13.2. The van der Waals surface area contributed by atoms with Gasteiger partial charge in [0.2, 0.25) is 0 Å². The summed E-state index contributed by atoms with van der Waals surface area (Å²) in [7, 11) is 0. The molecule has 1 aliphatic carbocycles. The van der Waals surface area contributed by atoms with Crippen molar-refractivity contribution in [1.82, 2.24) is 0 Å². The summed E-state index contributed by atoms with van der Waals surface area (Å²) in [4.78, 5) is 0. The molecular formula is C17H19NO. The van der Waals surface area contributed by atoms with Gasteiger partial charge in [-0.25, -0.2) is 0 Å². The molecule has 0 saturated heterocycles. The van der Waals surface area contributed by atoms with E-state index in [0.717, 1.165) is 24.8 Å². The highest BCUT2D eigenvalue weighted by molar-refractivity contribution is 5.39. The van der Waals surface area contributed by atoms with Gasteiger partial charge >= 0.3 is 0 Å². The van der Waals surface area contributed by atoms with Crippen molar-refractivity contribution >= 4 is 0 Å². The molecule has 1 aliphatic rings. The molecule has 0 aliphatic heterocycles. The first-order valence-electron chi connectivity index (χ1n) is 6.85. The average molecular weight is 253 g/mol. The van der Waals surface area contributed by atoms with Crippen molar-refractivity contribution in [1.29, 1.82) is 0 Å². The maximum atomic E-state index is 9.63. The van der Waals surface area contributed by atoms with Crippen molar-refractivity contribution in [2.45, 2.75) is 25.3 Å². The lowest BCUT2D eigenvalue weighted by Crippen LogP contribution is -2.28. The summed E-state index contributed by atoms with van der Waals surface area (Å²) < 4.78 is 0. The van der Waals surface area contributed by atoms with Gasteiger partial charge < -0.3 is 10.8 Å². The van der Waals surface area contributed by atoms with Crippen LogP contribution in [0.25, 0.3) is 0 Å². The molecule has 2 aromatic rings. The predicted octanol–water partition coefficient (Wildman–Crippen LogP) is 3.20. The van der Waals surface area contributed by atoms with Gasteiger partial charge in [-0.05, 0) is 54.0 Å². The van der Waals surface area contributed by atoms with Crippen LogP contribution in [0, 0.1) is 5.92 Å². The van der Waals surface area contributed by atoms with Crippen LogP contribution in [-0.4, -0.2) is 5.11 Å². The number of phenols is 1. The van der Waals surface area contributed by atoms with E-state index in [1.165, 1.54) is 11.1 Å². The third-order valence-corrected chi connectivity index (χ3v) is 4.12. The number of phenolic OH excluding ortho intramolecular Hbond substituents is 1. The standard InChI is InChI=1S/C17H19NO/c18-17-14(10-12-4-2-1-3-5-12)7-6-13-8-9-15(19)11-16(13)17/h1-5,8-9,11,14,17,19H,6-7,10,18H2/t14?,17-/m1/s1. The monoisotopic (exact) mass is 253 g/mol. The van der Waals surface area contributed by atoms with Crippen LogP contribution in [-0.2, 0) is 12.8 Å². The van der Waals surface area contributed by atoms with Crippen LogP contribution >= 0.6 is 0 Å². The van der Waals surface area contributed by atoms with E-state index in [1.54, 1.807) is 6.07 Å². The molecule has 19 heavy (non-hydrogen) atoms. The molecule has 0 fully saturated rings. The van der Waals surface area contributed by atoms with Gasteiger partial charge in [-0.1, -0.05) is 36.4 Å². The van der Waals surface area contributed by atoms with Crippen LogP contribution in [0.3, 0.4) is 0 Å². The Bertz CT molecular complexity index is 565. The van der Waals surface area contributed by atoms with Gasteiger partial charge in [0.05, 0.1) is 0 Å². The molecule has 0 saturated carbocycles. The SMILES string of the molecule is N[C@H]1c2cc(O)ccc2CCC1Cc1ccccc1. The fourth-order valence-electron chi connectivity index (χ4n) is 3.04. The molecule has 0 aromatic heterocycles. The Kier molecular flexibility index (Phi) is 3.26. The number of benzene rings is 2. The van der Waals surface area contributed by atoms with Crippen molar-refractivity contribution < 1.29 is 5.11 Å². The average Bonchev–Trinajstić information content (AvgIpc) is 2.44. The van der Waals surface area contributed by atoms with Crippen LogP contribution in [0.15, 0.2) is 48.5 Å². The molecule has 3 rings (SSSR count). The lowest BCUT2D eigenvalue weighted by atomic mass is 9.77. The van der Waals surface area contributed by atoms with E-state index < -0.39 is 0 Å². The number of aryl methyl sites for hydroxylation is 1. The maximum Gasteiger partial charge on any atom is 0.115 e. The molecule has 2 aromatic carbocycles. The topological polar surface area (TPSA) is 46.2 Å². The number of hydrogen-bond donors (Lipinski definition) is 2. The smallest absolute Gasteiger partial charge is 0.115 e. The molecule has 2 heteroatoms. The molecule has 0 bridgehead atoms. The minimum Gasteiger partial charge on any atom is -0.508 e. The Morgan fingerprint density at radius 3 is 2.68 bits per heavy atom. The van der Waals surface area contributed by atoms with Crippen LogP contribution in [0.4, 0.5) is 0 Å². The zero-order valence-corrected chi connectivity index (χ0v) is 10.9. The summed E-state index contributed by atoms with van der Waals surface area (Å²) in [6, 6.07) is 16.1. The van der Waals surface area contributed by atoms with E-state index in [2.05, 4.69) is 24.3 Å². The second-order valence-corrected chi connectivity index (χ2v) is 5.40. The van der Waals surface area contributed by atoms with Crippen LogP contribution < -0.4 is 5.73 Å².